The fraction of sp³-hybridized carbons (Fsp3) is 0.200. The van der Waals surface area contributed by atoms with Crippen LogP contribution in [0, 0.1) is 0 Å². The molecule has 0 aliphatic carbocycles. The van der Waals surface area contributed by atoms with E-state index in [0.717, 1.165) is 22.4 Å². The van der Waals surface area contributed by atoms with Gasteiger partial charge in [-0.15, -0.1) is 0 Å². The smallest absolute Gasteiger partial charge is 0.273 e. The van der Waals surface area contributed by atoms with Gasteiger partial charge < -0.3 is 18.8 Å². The van der Waals surface area contributed by atoms with Crippen LogP contribution in [0.4, 0.5) is 0 Å². The molecule has 0 saturated carbocycles. The van der Waals surface area contributed by atoms with E-state index in [0.29, 0.717) is 36.1 Å². The highest BCUT2D eigenvalue weighted by Gasteiger charge is 2.42. The molecule has 0 fully saturated rings. The number of ether oxygens (including phenoxy) is 2. The van der Waals surface area contributed by atoms with E-state index in [1.165, 1.54) is 0 Å². The van der Waals surface area contributed by atoms with Crippen LogP contribution in [0.3, 0.4) is 0 Å². The first-order valence-corrected chi connectivity index (χ1v) is 10.5. The molecule has 1 amide bonds. The average molecular weight is 429 g/mol. The first-order chi connectivity index (χ1) is 15.7. The Labute approximate surface area is 185 Å². The highest BCUT2D eigenvalue weighted by atomic mass is 16.5. The van der Waals surface area contributed by atoms with Crippen molar-refractivity contribution in [1.29, 1.82) is 0 Å². The molecule has 2 aromatic carbocycles. The first kappa shape index (κ1) is 19.9. The van der Waals surface area contributed by atoms with E-state index in [-0.39, 0.29) is 11.9 Å². The molecule has 7 heteroatoms. The minimum absolute atomic E-state index is 0.121. The molecule has 4 aromatic rings. The molecular weight excluding hydrogens is 406 g/mol. The second-order valence-corrected chi connectivity index (χ2v) is 7.49. The van der Waals surface area contributed by atoms with Gasteiger partial charge in [0.15, 0.2) is 11.5 Å². The predicted molar refractivity (Wildman–Crippen MR) is 119 cm³/mol. The molecule has 5 rings (SSSR count). The maximum absolute atomic E-state index is 13.4. The lowest BCUT2D eigenvalue weighted by atomic mass is 9.95. The van der Waals surface area contributed by atoms with Gasteiger partial charge in [-0.1, -0.05) is 36.4 Å². The fourth-order valence-corrected chi connectivity index (χ4v) is 4.22. The minimum atomic E-state index is -0.360. The summed E-state index contributed by atoms with van der Waals surface area (Å²) in [6.07, 6.45) is 1.61. The van der Waals surface area contributed by atoms with Crippen LogP contribution in [0.5, 0.6) is 11.5 Å². The van der Waals surface area contributed by atoms with Crippen LogP contribution < -0.4 is 9.47 Å². The summed E-state index contributed by atoms with van der Waals surface area (Å²) in [7, 11) is 1.61. The summed E-state index contributed by atoms with van der Waals surface area (Å²) in [5.74, 6) is 1.87. The summed E-state index contributed by atoms with van der Waals surface area (Å²) >= 11 is 0. The summed E-state index contributed by atoms with van der Waals surface area (Å²) in [5, 5.41) is 7.48. The molecule has 32 heavy (non-hydrogen) atoms. The van der Waals surface area contributed by atoms with Gasteiger partial charge in [-0.05, 0) is 36.8 Å². The molecule has 3 heterocycles. The average Bonchev–Trinajstić information content (AvgIpc) is 3.55. The zero-order valence-corrected chi connectivity index (χ0v) is 17.9. The molecule has 1 aliphatic rings. The van der Waals surface area contributed by atoms with E-state index in [4.69, 9.17) is 13.9 Å². The Morgan fingerprint density at radius 1 is 1.09 bits per heavy atom. The van der Waals surface area contributed by atoms with Gasteiger partial charge in [0.1, 0.15) is 11.5 Å². The number of hydrogen-bond acceptors (Lipinski definition) is 5. The monoisotopic (exact) mass is 429 g/mol. The number of furan rings is 1. The molecule has 7 nitrogen and oxygen atoms in total. The predicted octanol–water partition coefficient (Wildman–Crippen LogP) is 4.82. The number of aromatic nitrogens is 2. The fourth-order valence-electron chi connectivity index (χ4n) is 4.22. The Hall–Kier alpha value is -4.00. The van der Waals surface area contributed by atoms with Crippen LogP contribution in [-0.2, 0) is 6.54 Å². The van der Waals surface area contributed by atoms with Crippen LogP contribution in [0.15, 0.2) is 71.3 Å². The Balaban J connectivity index is 1.65. The van der Waals surface area contributed by atoms with Crippen molar-refractivity contribution in [2.24, 2.45) is 0 Å². The maximum atomic E-state index is 13.4. The Bertz CT molecular complexity index is 1230. The first-order valence-electron chi connectivity index (χ1n) is 10.5. The lowest BCUT2D eigenvalue weighted by Crippen LogP contribution is -2.29. The number of nitrogens with one attached hydrogen (secondary N) is 1. The number of hydrogen-bond donors (Lipinski definition) is 1. The van der Waals surface area contributed by atoms with Gasteiger partial charge in [0.2, 0.25) is 0 Å². The number of amides is 1. The summed E-state index contributed by atoms with van der Waals surface area (Å²) in [4.78, 5) is 15.2. The summed E-state index contributed by atoms with van der Waals surface area (Å²) in [6.45, 7) is 2.80. The van der Waals surface area contributed by atoms with Gasteiger partial charge in [-0.25, -0.2) is 0 Å². The lowest BCUT2D eigenvalue weighted by Gasteiger charge is -2.26. The zero-order valence-electron chi connectivity index (χ0n) is 17.9. The third kappa shape index (κ3) is 3.32. The van der Waals surface area contributed by atoms with E-state index in [9.17, 15) is 4.79 Å². The van der Waals surface area contributed by atoms with E-state index < -0.39 is 0 Å². The normalized spacial score (nSPS) is 15.1. The van der Waals surface area contributed by atoms with Crippen molar-refractivity contribution >= 4 is 5.91 Å². The van der Waals surface area contributed by atoms with Crippen molar-refractivity contribution in [1.82, 2.24) is 15.1 Å². The molecule has 1 unspecified atom stereocenters. The van der Waals surface area contributed by atoms with Crippen LogP contribution >= 0.6 is 0 Å². The third-order valence-corrected chi connectivity index (χ3v) is 5.62. The second kappa shape index (κ2) is 8.26. The van der Waals surface area contributed by atoms with Gasteiger partial charge in [-0.3, -0.25) is 9.89 Å². The molecular formula is C25H23N3O4. The van der Waals surface area contributed by atoms with Gasteiger partial charge in [0, 0.05) is 11.1 Å². The topological polar surface area (TPSA) is 80.6 Å². The Morgan fingerprint density at radius 2 is 1.94 bits per heavy atom. The van der Waals surface area contributed by atoms with Crippen molar-refractivity contribution < 1.29 is 18.7 Å². The second-order valence-electron chi connectivity index (χ2n) is 7.49. The van der Waals surface area contributed by atoms with Crippen LogP contribution in [0.1, 0.15) is 40.3 Å². The number of carbonyl (C=O) groups excluding carboxylic acids is 1. The third-order valence-electron chi connectivity index (χ3n) is 5.62. The number of nitrogens with zero attached hydrogens (tertiary/aromatic N) is 2. The molecule has 1 atom stereocenters. The van der Waals surface area contributed by atoms with Gasteiger partial charge >= 0.3 is 0 Å². The highest BCUT2D eigenvalue weighted by molar-refractivity contribution is 6.00. The van der Waals surface area contributed by atoms with Crippen molar-refractivity contribution in [3.63, 3.8) is 0 Å². The largest absolute Gasteiger partial charge is 0.493 e. The molecule has 0 radical (unpaired) electrons. The van der Waals surface area contributed by atoms with Crippen molar-refractivity contribution in [2.75, 3.05) is 13.7 Å². The van der Waals surface area contributed by atoms with Crippen LogP contribution in [-0.4, -0.2) is 34.7 Å². The van der Waals surface area contributed by atoms with Crippen LogP contribution in [0.2, 0.25) is 0 Å². The maximum Gasteiger partial charge on any atom is 0.273 e. The SMILES string of the molecule is CCOc1ccc(C2c3c(-c4ccccc4)n[nH]c3C(=O)N2Cc2ccco2)cc1OC. The number of aromatic amines is 1. The number of rotatable bonds is 7. The number of benzene rings is 2. The number of carbonyl (C=O) groups is 1. The summed E-state index contributed by atoms with van der Waals surface area (Å²) < 4.78 is 16.8. The van der Waals surface area contributed by atoms with Crippen molar-refractivity contribution in [2.45, 2.75) is 19.5 Å². The van der Waals surface area contributed by atoms with E-state index in [2.05, 4.69) is 10.2 Å². The highest BCUT2D eigenvalue weighted by Crippen LogP contribution is 2.45. The van der Waals surface area contributed by atoms with Gasteiger partial charge in [0.05, 0.1) is 38.3 Å². The molecule has 0 saturated heterocycles. The zero-order chi connectivity index (χ0) is 22.1. The quantitative estimate of drug-likeness (QED) is 0.455. The Morgan fingerprint density at radius 3 is 2.66 bits per heavy atom. The molecule has 0 bridgehead atoms. The van der Waals surface area contributed by atoms with Crippen LogP contribution in [0.25, 0.3) is 11.3 Å². The molecule has 1 aliphatic heterocycles. The van der Waals surface area contributed by atoms with Gasteiger partial charge in [-0.2, -0.15) is 5.10 Å². The van der Waals surface area contributed by atoms with Crippen molar-refractivity contribution in [3.05, 3.63) is 89.5 Å². The van der Waals surface area contributed by atoms with Crippen molar-refractivity contribution in [3.8, 4) is 22.8 Å². The number of methoxy groups -OCH3 is 1. The van der Waals surface area contributed by atoms with E-state index in [1.807, 2.05) is 67.6 Å². The molecule has 0 spiro atoms. The van der Waals surface area contributed by atoms with Gasteiger partial charge in [0.25, 0.3) is 5.91 Å². The molecule has 162 valence electrons. The van der Waals surface area contributed by atoms with E-state index >= 15 is 0 Å². The standard InChI is InChI=1S/C25H23N3O4/c1-3-31-19-12-11-17(14-20(19)30-2)24-21-22(16-8-5-4-6-9-16)26-27-23(21)25(29)28(24)15-18-10-7-13-32-18/h4-14,24H,3,15H2,1-2H3,(H,26,27). The lowest BCUT2D eigenvalue weighted by molar-refractivity contribution is 0.0716. The molecule has 2 aromatic heterocycles. The van der Waals surface area contributed by atoms with E-state index in [1.54, 1.807) is 18.3 Å². The summed E-state index contributed by atoms with van der Waals surface area (Å²) in [5.41, 5.74) is 3.95. The Kier molecular flexibility index (Phi) is 5.15. The molecule has 1 N–H and O–H groups in total. The number of H-pyrrole nitrogens is 1. The minimum Gasteiger partial charge on any atom is -0.493 e. The summed E-state index contributed by atoms with van der Waals surface area (Å²) in [6, 6.07) is 19.0. The number of fused-ring (bicyclic) bond motifs is 1.